The van der Waals surface area contributed by atoms with E-state index in [2.05, 4.69) is 0 Å². The van der Waals surface area contributed by atoms with Crippen molar-refractivity contribution in [2.24, 2.45) is 7.05 Å². The molecule has 1 aromatic carbocycles. The van der Waals surface area contributed by atoms with Gasteiger partial charge in [-0.3, -0.25) is 4.57 Å². The molecule has 2 N–H and O–H groups in total. The van der Waals surface area contributed by atoms with E-state index in [1.54, 1.807) is 0 Å². The van der Waals surface area contributed by atoms with Gasteiger partial charge in [0.2, 0.25) is 5.88 Å². The standard InChI is InChI=1S/C10H9ClN2O3/c1-12-5-9(15)13(10(12)16)6-2-3-7(11)8(14)4-6/h2-5,14-15H,1H3. The van der Waals surface area contributed by atoms with Crippen molar-refractivity contribution in [3.63, 3.8) is 0 Å². The highest BCUT2D eigenvalue weighted by atomic mass is 35.5. The van der Waals surface area contributed by atoms with Crippen LogP contribution in [0, 0.1) is 0 Å². The van der Waals surface area contributed by atoms with Crippen molar-refractivity contribution in [2.45, 2.75) is 0 Å². The third-order valence-electron chi connectivity index (χ3n) is 2.22. The second-order valence-corrected chi connectivity index (χ2v) is 3.76. The first kappa shape index (κ1) is 10.6. The molecule has 0 fully saturated rings. The summed E-state index contributed by atoms with van der Waals surface area (Å²) in [5.41, 5.74) is -0.0516. The van der Waals surface area contributed by atoms with E-state index in [4.69, 9.17) is 11.6 Å². The number of aromatic nitrogens is 2. The molecule has 0 saturated heterocycles. The Labute approximate surface area is 95.8 Å². The van der Waals surface area contributed by atoms with Crippen molar-refractivity contribution in [1.82, 2.24) is 9.13 Å². The average Bonchev–Trinajstić information content (AvgIpc) is 2.47. The quantitative estimate of drug-likeness (QED) is 0.788. The largest absolute Gasteiger partial charge is 0.506 e. The lowest BCUT2D eigenvalue weighted by molar-refractivity contribution is 0.440. The summed E-state index contributed by atoms with van der Waals surface area (Å²) < 4.78 is 2.30. The van der Waals surface area contributed by atoms with E-state index >= 15 is 0 Å². The number of phenols is 1. The van der Waals surface area contributed by atoms with Gasteiger partial charge in [0.15, 0.2) is 0 Å². The lowest BCUT2D eigenvalue weighted by Crippen LogP contribution is -2.20. The molecule has 84 valence electrons. The molecular formula is C10H9ClN2O3. The zero-order valence-corrected chi connectivity index (χ0v) is 9.14. The first-order valence-corrected chi connectivity index (χ1v) is 4.84. The van der Waals surface area contributed by atoms with Crippen LogP contribution in [0.4, 0.5) is 0 Å². The molecule has 6 heteroatoms. The van der Waals surface area contributed by atoms with Gasteiger partial charge >= 0.3 is 5.69 Å². The fourth-order valence-corrected chi connectivity index (χ4v) is 1.54. The molecule has 0 aliphatic carbocycles. The maximum Gasteiger partial charge on any atom is 0.335 e. The van der Waals surface area contributed by atoms with Crippen LogP contribution in [0.25, 0.3) is 5.69 Å². The minimum atomic E-state index is -0.403. The van der Waals surface area contributed by atoms with Gasteiger partial charge in [0.1, 0.15) is 5.75 Å². The van der Waals surface area contributed by atoms with Gasteiger partial charge in [-0.05, 0) is 12.1 Å². The molecule has 16 heavy (non-hydrogen) atoms. The van der Waals surface area contributed by atoms with Gasteiger partial charge in [0.05, 0.1) is 16.9 Å². The second-order valence-electron chi connectivity index (χ2n) is 3.35. The van der Waals surface area contributed by atoms with Crippen molar-refractivity contribution >= 4 is 11.6 Å². The highest BCUT2D eigenvalue weighted by molar-refractivity contribution is 6.32. The van der Waals surface area contributed by atoms with E-state index in [0.29, 0.717) is 5.69 Å². The molecule has 0 saturated carbocycles. The van der Waals surface area contributed by atoms with Crippen LogP contribution in [0.1, 0.15) is 0 Å². The Kier molecular flexibility index (Phi) is 2.40. The van der Waals surface area contributed by atoms with Gasteiger partial charge in [-0.25, -0.2) is 9.36 Å². The second kappa shape index (κ2) is 3.61. The molecule has 0 aliphatic rings. The lowest BCUT2D eigenvalue weighted by atomic mass is 10.3. The molecule has 1 heterocycles. The summed E-state index contributed by atoms with van der Waals surface area (Å²) in [7, 11) is 1.52. The predicted molar refractivity (Wildman–Crippen MR) is 59.3 cm³/mol. The number of rotatable bonds is 1. The van der Waals surface area contributed by atoms with Crippen LogP contribution >= 0.6 is 11.6 Å². The van der Waals surface area contributed by atoms with Gasteiger partial charge < -0.3 is 10.2 Å². The topological polar surface area (TPSA) is 67.4 Å². The summed E-state index contributed by atoms with van der Waals surface area (Å²) in [6.45, 7) is 0. The lowest BCUT2D eigenvalue weighted by Gasteiger charge is -2.04. The first-order valence-electron chi connectivity index (χ1n) is 4.47. The molecule has 2 aromatic rings. The number of phenolic OH excluding ortho intramolecular Hbond substituents is 1. The first-order chi connectivity index (χ1) is 7.50. The summed E-state index contributed by atoms with van der Waals surface area (Å²) in [6, 6.07) is 4.29. The van der Waals surface area contributed by atoms with Crippen molar-refractivity contribution in [1.29, 1.82) is 0 Å². The Hall–Kier alpha value is -1.88. The maximum absolute atomic E-state index is 11.6. The molecule has 0 bridgehead atoms. The fourth-order valence-electron chi connectivity index (χ4n) is 1.42. The van der Waals surface area contributed by atoms with E-state index in [1.807, 2.05) is 0 Å². The van der Waals surface area contributed by atoms with Gasteiger partial charge in [0.25, 0.3) is 0 Å². The van der Waals surface area contributed by atoms with Crippen molar-refractivity contribution in [2.75, 3.05) is 0 Å². The van der Waals surface area contributed by atoms with Crippen LogP contribution in [0.5, 0.6) is 11.6 Å². The number of hydrogen-bond acceptors (Lipinski definition) is 3. The maximum atomic E-state index is 11.6. The highest BCUT2D eigenvalue weighted by Crippen LogP contribution is 2.26. The molecule has 1 aromatic heterocycles. The van der Waals surface area contributed by atoms with Crippen molar-refractivity contribution in [3.8, 4) is 17.3 Å². The Morgan fingerprint density at radius 3 is 2.50 bits per heavy atom. The predicted octanol–water partition coefficient (Wildman–Crippen LogP) is 1.24. The molecule has 5 nitrogen and oxygen atoms in total. The Bertz CT molecular complexity index is 601. The monoisotopic (exact) mass is 240 g/mol. The molecule has 0 radical (unpaired) electrons. The van der Waals surface area contributed by atoms with Gasteiger partial charge in [-0.15, -0.1) is 0 Å². The third-order valence-corrected chi connectivity index (χ3v) is 2.54. The molecule has 2 rings (SSSR count). The zero-order chi connectivity index (χ0) is 11.9. The van der Waals surface area contributed by atoms with Crippen LogP contribution in [-0.4, -0.2) is 19.3 Å². The summed E-state index contributed by atoms with van der Waals surface area (Å²) >= 11 is 5.65. The summed E-state index contributed by atoms with van der Waals surface area (Å²) in [4.78, 5) is 11.6. The van der Waals surface area contributed by atoms with E-state index < -0.39 is 5.69 Å². The van der Waals surface area contributed by atoms with E-state index in [1.165, 1.54) is 36.0 Å². The average molecular weight is 241 g/mol. The number of halogens is 1. The summed E-state index contributed by atoms with van der Waals surface area (Å²) in [6.07, 6.45) is 1.29. The molecule has 0 spiro atoms. The number of benzene rings is 1. The molecule has 0 atom stereocenters. The number of aromatic hydroxyl groups is 2. The van der Waals surface area contributed by atoms with Crippen LogP contribution < -0.4 is 5.69 Å². The van der Waals surface area contributed by atoms with Crippen LogP contribution in [0.3, 0.4) is 0 Å². The summed E-state index contributed by atoms with van der Waals surface area (Å²) in [5, 5.41) is 19.2. The molecule has 0 unspecified atom stereocenters. The van der Waals surface area contributed by atoms with Crippen LogP contribution in [0.2, 0.25) is 5.02 Å². The van der Waals surface area contributed by atoms with Crippen LogP contribution in [-0.2, 0) is 7.05 Å². The third kappa shape index (κ3) is 1.55. The van der Waals surface area contributed by atoms with Crippen molar-refractivity contribution < 1.29 is 10.2 Å². The number of nitrogens with zero attached hydrogens (tertiary/aromatic N) is 2. The summed E-state index contributed by atoms with van der Waals surface area (Å²) in [5.74, 6) is -0.344. The molecule has 0 amide bonds. The Morgan fingerprint density at radius 1 is 1.31 bits per heavy atom. The minimum absolute atomic E-state index is 0.144. The Morgan fingerprint density at radius 2 is 2.00 bits per heavy atom. The molecular weight excluding hydrogens is 232 g/mol. The van der Waals surface area contributed by atoms with Crippen LogP contribution in [0.15, 0.2) is 29.2 Å². The van der Waals surface area contributed by atoms with E-state index in [0.717, 1.165) is 4.57 Å². The Balaban J connectivity index is 2.68. The SMILES string of the molecule is Cn1cc(O)n(-c2ccc(Cl)c(O)c2)c1=O. The fraction of sp³-hybridized carbons (Fsp3) is 0.100. The van der Waals surface area contributed by atoms with Gasteiger partial charge in [-0.2, -0.15) is 0 Å². The normalized spacial score (nSPS) is 10.6. The number of aryl methyl sites for hydroxylation is 1. The van der Waals surface area contributed by atoms with Gasteiger partial charge in [-0.1, -0.05) is 11.6 Å². The molecule has 0 aliphatic heterocycles. The minimum Gasteiger partial charge on any atom is -0.506 e. The van der Waals surface area contributed by atoms with Crippen molar-refractivity contribution in [3.05, 3.63) is 39.9 Å². The van der Waals surface area contributed by atoms with E-state index in [9.17, 15) is 15.0 Å². The van der Waals surface area contributed by atoms with Gasteiger partial charge in [0, 0.05) is 13.1 Å². The number of hydrogen-bond donors (Lipinski definition) is 2. The smallest absolute Gasteiger partial charge is 0.335 e. The number of imidazole rings is 1. The van der Waals surface area contributed by atoms with E-state index in [-0.39, 0.29) is 16.7 Å². The highest BCUT2D eigenvalue weighted by Gasteiger charge is 2.11. The zero-order valence-electron chi connectivity index (χ0n) is 8.38.